The van der Waals surface area contributed by atoms with Crippen molar-refractivity contribution in [3.63, 3.8) is 0 Å². The first-order valence-corrected chi connectivity index (χ1v) is 6.49. The predicted molar refractivity (Wildman–Crippen MR) is 73.8 cm³/mol. The molecule has 122 valence electrons. The second-order valence-electron chi connectivity index (χ2n) is 4.65. The van der Waals surface area contributed by atoms with E-state index < -0.39 is 24.8 Å². The van der Waals surface area contributed by atoms with Crippen molar-refractivity contribution in [2.75, 3.05) is 6.61 Å². The largest absolute Gasteiger partial charge is 0.487 e. The van der Waals surface area contributed by atoms with E-state index in [0.717, 1.165) is 12.1 Å². The van der Waals surface area contributed by atoms with Gasteiger partial charge in [-0.15, -0.1) is 0 Å². The Bertz CT molecular complexity index is 678. The molecule has 0 aromatic heterocycles. The Balaban J connectivity index is 2.32. The minimum atomic E-state index is -4.44. The molecule has 0 bridgehead atoms. The van der Waals surface area contributed by atoms with Gasteiger partial charge in [-0.3, -0.25) is 4.79 Å². The van der Waals surface area contributed by atoms with Gasteiger partial charge in [-0.25, -0.2) is 8.78 Å². The normalized spacial score (nSPS) is 11.6. The number of aldehydes is 1. The van der Waals surface area contributed by atoms with Crippen LogP contribution >= 0.6 is 0 Å². The van der Waals surface area contributed by atoms with Gasteiger partial charge >= 0.3 is 6.18 Å². The summed E-state index contributed by atoms with van der Waals surface area (Å²) in [7, 11) is 0. The van der Waals surface area contributed by atoms with Crippen LogP contribution in [0.5, 0.6) is 5.75 Å². The number of alkyl halides is 5. The Kier molecular flexibility index (Phi) is 4.98. The van der Waals surface area contributed by atoms with Crippen LogP contribution in [0.15, 0.2) is 42.5 Å². The van der Waals surface area contributed by atoms with Crippen molar-refractivity contribution in [3.05, 3.63) is 53.6 Å². The van der Waals surface area contributed by atoms with Gasteiger partial charge in [0.25, 0.3) is 6.43 Å². The molecule has 0 spiro atoms. The summed E-state index contributed by atoms with van der Waals surface area (Å²) in [5.74, 6) is -0.0438. The van der Waals surface area contributed by atoms with E-state index in [1.54, 1.807) is 0 Å². The molecule has 0 fully saturated rings. The lowest BCUT2D eigenvalue weighted by atomic mass is 10.0. The van der Waals surface area contributed by atoms with Gasteiger partial charge < -0.3 is 4.74 Å². The number of ether oxygens (including phenoxy) is 1. The average molecular weight is 330 g/mol. The van der Waals surface area contributed by atoms with Crippen LogP contribution in [0.4, 0.5) is 22.0 Å². The van der Waals surface area contributed by atoms with E-state index in [2.05, 4.69) is 0 Å². The van der Waals surface area contributed by atoms with Gasteiger partial charge in [0.05, 0.1) is 11.1 Å². The molecule has 23 heavy (non-hydrogen) atoms. The van der Waals surface area contributed by atoms with Crippen molar-refractivity contribution >= 4 is 6.29 Å². The van der Waals surface area contributed by atoms with Crippen LogP contribution in [-0.4, -0.2) is 19.3 Å². The first kappa shape index (κ1) is 16.9. The standard InChI is InChI=1S/C16H11F5O2/c17-15(18)9-23-14-7-11(1-2-12(14)8-22)10-3-5-13(6-4-10)16(19,20)21/h1-8,15H,9H2. The summed E-state index contributed by atoms with van der Waals surface area (Å²) in [6.07, 6.45) is -6.69. The number of carbonyl (C=O) groups excluding carboxylic acids is 1. The van der Waals surface area contributed by atoms with Gasteiger partial charge in [-0.1, -0.05) is 18.2 Å². The molecule has 0 aliphatic rings. The highest BCUT2D eigenvalue weighted by Gasteiger charge is 2.29. The molecule has 7 heteroatoms. The lowest BCUT2D eigenvalue weighted by molar-refractivity contribution is -0.137. The fourth-order valence-electron chi connectivity index (χ4n) is 1.94. The third-order valence-electron chi connectivity index (χ3n) is 3.05. The summed E-state index contributed by atoms with van der Waals surface area (Å²) in [6.45, 7) is -0.878. The molecule has 0 amide bonds. The maximum absolute atomic E-state index is 12.5. The van der Waals surface area contributed by atoms with Gasteiger partial charge in [-0.2, -0.15) is 13.2 Å². The van der Waals surface area contributed by atoms with E-state index in [1.807, 2.05) is 0 Å². The molecule has 0 atom stereocenters. The molecule has 0 unspecified atom stereocenters. The Morgan fingerprint density at radius 3 is 2.13 bits per heavy atom. The zero-order valence-electron chi connectivity index (χ0n) is 11.6. The fraction of sp³-hybridized carbons (Fsp3) is 0.188. The zero-order valence-corrected chi connectivity index (χ0v) is 11.6. The van der Waals surface area contributed by atoms with Crippen LogP contribution in [-0.2, 0) is 6.18 Å². The Labute approximate surface area is 128 Å². The van der Waals surface area contributed by atoms with Crippen molar-refractivity contribution < 1.29 is 31.5 Å². The maximum atomic E-state index is 12.5. The summed E-state index contributed by atoms with van der Waals surface area (Å²) in [5, 5.41) is 0. The van der Waals surface area contributed by atoms with Crippen molar-refractivity contribution in [2.45, 2.75) is 12.6 Å². The van der Waals surface area contributed by atoms with Crippen LogP contribution in [0.25, 0.3) is 11.1 Å². The molecule has 2 aromatic rings. The van der Waals surface area contributed by atoms with Crippen molar-refractivity contribution in [3.8, 4) is 16.9 Å². The van der Waals surface area contributed by atoms with E-state index in [0.29, 0.717) is 17.4 Å². The lowest BCUT2D eigenvalue weighted by Gasteiger charge is -2.11. The summed E-state index contributed by atoms with van der Waals surface area (Å²) in [6, 6.07) is 8.56. The van der Waals surface area contributed by atoms with Crippen LogP contribution in [0, 0.1) is 0 Å². The molecule has 2 rings (SSSR count). The predicted octanol–water partition coefficient (Wildman–Crippen LogP) is 4.83. The molecule has 0 saturated carbocycles. The van der Waals surface area contributed by atoms with Gasteiger partial charge in [0.1, 0.15) is 12.4 Å². The van der Waals surface area contributed by atoms with E-state index in [9.17, 15) is 26.7 Å². The molecule has 0 saturated heterocycles. The van der Waals surface area contributed by atoms with Crippen LogP contribution in [0.2, 0.25) is 0 Å². The maximum Gasteiger partial charge on any atom is 0.416 e. The monoisotopic (exact) mass is 330 g/mol. The van der Waals surface area contributed by atoms with E-state index in [4.69, 9.17) is 4.74 Å². The molecular weight excluding hydrogens is 319 g/mol. The van der Waals surface area contributed by atoms with Gasteiger partial charge in [0.15, 0.2) is 6.29 Å². The third-order valence-corrected chi connectivity index (χ3v) is 3.05. The number of benzene rings is 2. The molecule has 0 aliphatic carbocycles. The lowest BCUT2D eigenvalue weighted by Crippen LogP contribution is -2.08. The number of hydrogen-bond acceptors (Lipinski definition) is 2. The topological polar surface area (TPSA) is 26.3 Å². The number of rotatable bonds is 5. The fourth-order valence-corrected chi connectivity index (χ4v) is 1.94. The number of carbonyl (C=O) groups is 1. The molecule has 0 radical (unpaired) electrons. The SMILES string of the molecule is O=Cc1ccc(-c2ccc(C(F)(F)F)cc2)cc1OCC(F)F. The number of halogens is 5. The van der Waals surface area contributed by atoms with Crippen molar-refractivity contribution in [2.24, 2.45) is 0 Å². The Hall–Kier alpha value is -2.44. The van der Waals surface area contributed by atoms with E-state index in [1.165, 1.54) is 30.3 Å². The first-order valence-electron chi connectivity index (χ1n) is 6.49. The van der Waals surface area contributed by atoms with Crippen molar-refractivity contribution in [1.29, 1.82) is 0 Å². The minimum absolute atomic E-state index is 0.0438. The highest BCUT2D eigenvalue weighted by Crippen LogP contribution is 2.32. The smallest absolute Gasteiger partial charge is 0.416 e. The van der Waals surface area contributed by atoms with Crippen LogP contribution < -0.4 is 4.74 Å². The summed E-state index contributed by atoms with van der Waals surface area (Å²) >= 11 is 0. The summed E-state index contributed by atoms with van der Waals surface area (Å²) in [5.41, 5.74) is 0.187. The Morgan fingerprint density at radius 2 is 1.61 bits per heavy atom. The van der Waals surface area contributed by atoms with Gasteiger partial charge in [0.2, 0.25) is 0 Å². The molecule has 0 N–H and O–H groups in total. The Morgan fingerprint density at radius 1 is 1.00 bits per heavy atom. The molecule has 0 heterocycles. The van der Waals surface area contributed by atoms with Crippen LogP contribution in [0.1, 0.15) is 15.9 Å². The van der Waals surface area contributed by atoms with E-state index >= 15 is 0 Å². The summed E-state index contributed by atoms with van der Waals surface area (Å²) < 4.78 is 66.9. The zero-order chi connectivity index (χ0) is 17.0. The van der Waals surface area contributed by atoms with Gasteiger partial charge in [0, 0.05) is 0 Å². The minimum Gasteiger partial charge on any atom is -0.487 e. The first-order chi connectivity index (χ1) is 10.8. The summed E-state index contributed by atoms with van der Waals surface area (Å²) in [4.78, 5) is 10.9. The molecule has 2 nitrogen and oxygen atoms in total. The highest BCUT2D eigenvalue weighted by molar-refractivity contribution is 5.81. The molecular formula is C16H11F5O2. The number of hydrogen-bond donors (Lipinski definition) is 0. The second-order valence-corrected chi connectivity index (χ2v) is 4.65. The van der Waals surface area contributed by atoms with E-state index in [-0.39, 0.29) is 11.3 Å². The molecule has 2 aromatic carbocycles. The van der Waals surface area contributed by atoms with Gasteiger partial charge in [-0.05, 0) is 35.4 Å². The highest BCUT2D eigenvalue weighted by atomic mass is 19.4. The third kappa shape index (κ3) is 4.28. The van der Waals surface area contributed by atoms with Crippen molar-refractivity contribution in [1.82, 2.24) is 0 Å². The average Bonchev–Trinajstić information content (AvgIpc) is 2.52. The molecule has 0 aliphatic heterocycles. The van der Waals surface area contributed by atoms with Crippen LogP contribution in [0.3, 0.4) is 0 Å². The second kappa shape index (κ2) is 6.76. The quantitative estimate of drug-likeness (QED) is 0.580.